The van der Waals surface area contributed by atoms with Gasteiger partial charge in [0, 0.05) is 6.92 Å². The highest BCUT2D eigenvalue weighted by Crippen LogP contribution is 2.21. The van der Waals surface area contributed by atoms with E-state index in [-0.39, 0.29) is 5.92 Å². The zero-order valence-electron chi connectivity index (χ0n) is 11.1. The van der Waals surface area contributed by atoms with Gasteiger partial charge in [0.05, 0.1) is 5.92 Å². The molecule has 3 nitrogen and oxygen atoms in total. The molecule has 0 saturated carbocycles. The van der Waals surface area contributed by atoms with Crippen LogP contribution < -0.4 is 0 Å². The molecule has 0 heterocycles. The van der Waals surface area contributed by atoms with Crippen molar-refractivity contribution in [3.05, 3.63) is 48.0 Å². The van der Waals surface area contributed by atoms with Crippen LogP contribution in [-0.2, 0) is 20.7 Å². The minimum Gasteiger partial charge on any atom is -0.393 e. The molecule has 0 aliphatic heterocycles. The molecule has 0 aliphatic rings. The predicted molar refractivity (Wildman–Crippen MR) is 73.6 cm³/mol. The summed E-state index contributed by atoms with van der Waals surface area (Å²) in [7, 11) is 0. The van der Waals surface area contributed by atoms with Crippen LogP contribution in [0.4, 0.5) is 0 Å². The number of carbonyl (C=O) groups is 2. The maximum absolute atomic E-state index is 11.7. The lowest BCUT2D eigenvalue weighted by atomic mass is 9.96. The number of benzene rings is 2. The van der Waals surface area contributed by atoms with Crippen LogP contribution >= 0.6 is 0 Å². The Balaban J connectivity index is 2.21. The lowest BCUT2D eigenvalue weighted by Crippen LogP contribution is -2.19. The first-order valence-electron chi connectivity index (χ1n) is 6.27. The van der Waals surface area contributed by atoms with E-state index in [1.807, 2.05) is 42.5 Å². The minimum absolute atomic E-state index is 0.338. The normalized spacial score (nSPS) is 12.1. The van der Waals surface area contributed by atoms with Gasteiger partial charge in [0.15, 0.2) is 0 Å². The predicted octanol–water partition coefficient (Wildman–Crippen LogP) is 3.11. The van der Waals surface area contributed by atoms with Gasteiger partial charge >= 0.3 is 11.9 Å². The fraction of sp³-hybridized carbons (Fsp3) is 0.250. The van der Waals surface area contributed by atoms with E-state index in [0.29, 0.717) is 6.42 Å². The van der Waals surface area contributed by atoms with E-state index in [9.17, 15) is 9.59 Å². The summed E-state index contributed by atoms with van der Waals surface area (Å²) < 4.78 is 4.62. The molecule has 1 atom stereocenters. The van der Waals surface area contributed by atoms with Crippen molar-refractivity contribution in [3.63, 3.8) is 0 Å². The van der Waals surface area contributed by atoms with Crippen LogP contribution in [0.2, 0.25) is 0 Å². The van der Waals surface area contributed by atoms with E-state index < -0.39 is 11.9 Å². The SMILES string of the molecule is CC(=O)OC(=O)C(C)Cc1cccc2ccccc12. The summed E-state index contributed by atoms with van der Waals surface area (Å²) in [5.41, 5.74) is 1.09. The molecule has 1 unspecified atom stereocenters. The summed E-state index contributed by atoms with van der Waals surface area (Å²) >= 11 is 0. The molecule has 0 aliphatic carbocycles. The van der Waals surface area contributed by atoms with E-state index in [0.717, 1.165) is 16.3 Å². The Morgan fingerprint density at radius 1 is 1.11 bits per heavy atom. The second-order valence-corrected chi connectivity index (χ2v) is 4.66. The first-order chi connectivity index (χ1) is 9.08. The van der Waals surface area contributed by atoms with Crippen molar-refractivity contribution in [1.82, 2.24) is 0 Å². The van der Waals surface area contributed by atoms with Crippen LogP contribution in [0.3, 0.4) is 0 Å². The van der Waals surface area contributed by atoms with Gasteiger partial charge in [-0.25, -0.2) is 0 Å². The highest BCUT2D eigenvalue weighted by molar-refractivity contribution is 5.88. The fourth-order valence-corrected chi connectivity index (χ4v) is 2.13. The van der Waals surface area contributed by atoms with Crippen LogP contribution in [0.15, 0.2) is 42.5 Å². The highest BCUT2D eigenvalue weighted by Gasteiger charge is 2.17. The van der Waals surface area contributed by atoms with Crippen LogP contribution in [0, 0.1) is 5.92 Å². The monoisotopic (exact) mass is 256 g/mol. The first kappa shape index (κ1) is 13.3. The maximum atomic E-state index is 11.7. The number of rotatable bonds is 3. The molecular weight excluding hydrogens is 240 g/mol. The third-order valence-corrected chi connectivity index (χ3v) is 3.05. The number of esters is 2. The molecule has 2 aromatic carbocycles. The number of carbonyl (C=O) groups excluding carboxylic acids is 2. The van der Waals surface area contributed by atoms with Crippen LogP contribution in [-0.4, -0.2) is 11.9 Å². The number of ether oxygens (including phenoxy) is 1. The van der Waals surface area contributed by atoms with Gasteiger partial charge in [-0.2, -0.15) is 0 Å². The Hall–Kier alpha value is -2.16. The van der Waals surface area contributed by atoms with Gasteiger partial charge in [0.2, 0.25) is 0 Å². The van der Waals surface area contributed by atoms with Crippen molar-refractivity contribution in [2.24, 2.45) is 5.92 Å². The number of hydrogen-bond donors (Lipinski definition) is 0. The lowest BCUT2D eigenvalue weighted by molar-refractivity contribution is -0.160. The third-order valence-electron chi connectivity index (χ3n) is 3.05. The summed E-state index contributed by atoms with van der Waals surface area (Å²) in [5, 5.41) is 2.28. The van der Waals surface area contributed by atoms with Crippen molar-refractivity contribution in [1.29, 1.82) is 0 Å². The van der Waals surface area contributed by atoms with Gasteiger partial charge in [0.25, 0.3) is 0 Å². The van der Waals surface area contributed by atoms with Gasteiger partial charge in [-0.1, -0.05) is 49.4 Å². The fourth-order valence-electron chi connectivity index (χ4n) is 2.13. The molecule has 0 saturated heterocycles. The second kappa shape index (κ2) is 5.65. The van der Waals surface area contributed by atoms with Crippen molar-refractivity contribution in [3.8, 4) is 0 Å². The zero-order valence-corrected chi connectivity index (χ0v) is 11.1. The zero-order chi connectivity index (χ0) is 13.8. The molecule has 0 bridgehead atoms. The molecule has 19 heavy (non-hydrogen) atoms. The van der Waals surface area contributed by atoms with Crippen LogP contribution in [0.1, 0.15) is 19.4 Å². The molecule has 0 fully saturated rings. The molecule has 0 N–H and O–H groups in total. The maximum Gasteiger partial charge on any atom is 0.316 e. The minimum atomic E-state index is -0.560. The lowest BCUT2D eigenvalue weighted by Gasteiger charge is -2.11. The van der Waals surface area contributed by atoms with Gasteiger partial charge in [-0.15, -0.1) is 0 Å². The van der Waals surface area contributed by atoms with E-state index >= 15 is 0 Å². The highest BCUT2D eigenvalue weighted by atomic mass is 16.6. The number of hydrogen-bond acceptors (Lipinski definition) is 3. The Labute approximate surface area is 112 Å². The summed E-state index contributed by atoms with van der Waals surface area (Å²) in [6.07, 6.45) is 0.563. The summed E-state index contributed by atoms with van der Waals surface area (Å²) in [6.45, 7) is 3.01. The Morgan fingerprint density at radius 2 is 1.79 bits per heavy atom. The summed E-state index contributed by atoms with van der Waals surface area (Å²) in [6, 6.07) is 14.0. The number of fused-ring (bicyclic) bond motifs is 1. The molecule has 2 aromatic rings. The van der Waals surface area contributed by atoms with E-state index in [1.165, 1.54) is 6.92 Å². The van der Waals surface area contributed by atoms with Gasteiger partial charge in [-0.05, 0) is 22.8 Å². The third kappa shape index (κ3) is 3.19. The molecule has 2 rings (SSSR count). The van der Waals surface area contributed by atoms with Crippen molar-refractivity contribution < 1.29 is 14.3 Å². The van der Waals surface area contributed by atoms with Crippen molar-refractivity contribution in [2.75, 3.05) is 0 Å². The standard InChI is InChI=1S/C16H16O3/c1-11(16(18)19-12(2)17)10-14-8-5-7-13-6-3-4-9-15(13)14/h3-9,11H,10H2,1-2H3. The Bertz CT molecular complexity index is 611. The summed E-state index contributed by atoms with van der Waals surface area (Å²) in [5.74, 6) is -1.37. The molecule has 0 aromatic heterocycles. The average molecular weight is 256 g/mol. The molecule has 0 amide bonds. The quantitative estimate of drug-likeness (QED) is 0.626. The van der Waals surface area contributed by atoms with Crippen molar-refractivity contribution >= 4 is 22.7 Å². The molecule has 98 valence electrons. The Kier molecular flexibility index (Phi) is 3.95. The van der Waals surface area contributed by atoms with Gasteiger partial charge in [0.1, 0.15) is 0 Å². The van der Waals surface area contributed by atoms with Crippen molar-refractivity contribution in [2.45, 2.75) is 20.3 Å². The van der Waals surface area contributed by atoms with E-state index in [2.05, 4.69) is 4.74 Å². The molecule has 3 heteroatoms. The largest absolute Gasteiger partial charge is 0.393 e. The summed E-state index contributed by atoms with van der Waals surface area (Å²) in [4.78, 5) is 22.4. The Morgan fingerprint density at radius 3 is 2.53 bits per heavy atom. The molecule has 0 radical (unpaired) electrons. The second-order valence-electron chi connectivity index (χ2n) is 4.66. The van der Waals surface area contributed by atoms with Gasteiger partial charge < -0.3 is 4.74 Å². The van der Waals surface area contributed by atoms with E-state index in [1.54, 1.807) is 6.92 Å². The molecule has 0 spiro atoms. The van der Waals surface area contributed by atoms with Gasteiger partial charge in [-0.3, -0.25) is 9.59 Å². The van der Waals surface area contributed by atoms with E-state index in [4.69, 9.17) is 0 Å². The molecular formula is C16H16O3. The first-order valence-corrected chi connectivity index (χ1v) is 6.27. The topological polar surface area (TPSA) is 43.4 Å². The smallest absolute Gasteiger partial charge is 0.316 e. The van der Waals surface area contributed by atoms with Crippen LogP contribution in [0.25, 0.3) is 10.8 Å². The van der Waals surface area contributed by atoms with Crippen LogP contribution in [0.5, 0.6) is 0 Å². The average Bonchev–Trinajstić information content (AvgIpc) is 2.38.